The van der Waals surface area contributed by atoms with Crippen molar-refractivity contribution in [2.24, 2.45) is 7.05 Å². The molecule has 0 fully saturated rings. The number of ether oxygens (including phenoxy) is 1. The summed E-state index contributed by atoms with van der Waals surface area (Å²) in [6, 6.07) is 7.56. The van der Waals surface area contributed by atoms with E-state index in [1.165, 1.54) is 0 Å². The number of carbonyl (C=O) groups excluding carboxylic acids is 1. The molecule has 0 saturated carbocycles. The third kappa shape index (κ3) is 2.59. The Morgan fingerprint density at radius 1 is 1.41 bits per heavy atom. The molecule has 0 bridgehead atoms. The molecule has 2 heterocycles. The van der Waals surface area contributed by atoms with Crippen LogP contribution in [-0.4, -0.2) is 25.9 Å². The molecule has 0 radical (unpaired) electrons. The molecule has 0 spiro atoms. The maximum Gasteiger partial charge on any atom is 0.359 e. The van der Waals surface area contributed by atoms with Gasteiger partial charge in [0.2, 0.25) is 0 Å². The highest BCUT2D eigenvalue weighted by Gasteiger charge is 2.16. The average Bonchev–Trinajstić information content (AvgIpc) is 3.11. The van der Waals surface area contributed by atoms with Crippen molar-refractivity contribution in [3.05, 3.63) is 47.4 Å². The highest BCUT2D eigenvalue weighted by atomic mass is 16.5. The molecule has 22 heavy (non-hydrogen) atoms. The number of nitrogens with one attached hydrogen (secondary N) is 1. The fourth-order valence-electron chi connectivity index (χ4n) is 2.49. The minimum atomic E-state index is -0.418. The van der Waals surface area contributed by atoms with Crippen LogP contribution < -0.4 is 0 Å². The van der Waals surface area contributed by atoms with E-state index in [0.717, 1.165) is 22.2 Å². The molecule has 1 N–H and O–H groups in total. The Balaban J connectivity index is 1.75. The average molecular weight is 298 g/mol. The zero-order chi connectivity index (χ0) is 15.7. The molecular formula is C16H18N4O2. The number of hydrogen-bond acceptors (Lipinski definition) is 4. The second-order valence-electron chi connectivity index (χ2n) is 5.56. The van der Waals surface area contributed by atoms with Gasteiger partial charge in [0.1, 0.15) is 6.61 Å². The number of hydrogen-bond donors (Lipinski definition) is 1. The van der Waals surface area contributed by atoms with E-state index < -0.39 is 5.97 Å². The fraction of sp³-hybridized carbons (Fsp3) is 0.312. The molecule has 3 rings (SSSR count). The third-order valence-electron chi connectivity index (χ3n) is 3.64. The topological polar surface area (TPSA) is 72.8 Å². The second-order valence-corrected chi connectivity index (χ2v) is 5.56. The minimum Gasteiger partial charge on any atom is -0.456 e. The fourth-order valence-corrected chi connectivity index (χ4v) is 2.49. The minimum absolute atomic E-state index is 0.186. The summed E-state index contributed by atoms with van der Waals surface area (Å²) in [6.07, 6.45) is 1.74. The monoisotopic (exact) mass is 298 g/mol. The molecule has 6 nitrogen and oxygen atoms in total. The van der Waals surface area contributed by atoms with Crippen molar-refractivity contribution < 1.29 is 9.53 Å². The number of fused-ring (bicyclic) bond motifs is 1. The molecule has 0 aliphatic rings. The van der Waals surface area contributed by atoms with Crippen LogP contribution in [0.3, 0.4) is 0 Å². The van der Waals surface area contributed by atoms with Gasteiger partial charge in [0, 0.05) is 23.7 Å². The van der Waals surface area contributed by atoms with Crippen LogP contribution in [0.5, 0.6) is 0 Å². The van der Waals surface area contributed by atoms with Gasteiger partial charge in [-0.25, -0.2) is 4.79 Å². The first-order valence-corrected chi connectivity index (χ1v) is 7.18. The van der Waals surface area contributed by atoms with E-state index in [-0.39, 0.29) is 6.61 Å². The predicted octanol–water partition coefficient (Wildman–Crippen LogP) is 2.78. The van der Waals surface area contributed by atoms with Gasteiger partial charge >= 0.3 is 5.97 Å². The van der Waals surface area contributed by atoms with Crippen molar-refractivity contribution in [3.63, 3.8) is 0 Å². The van der Waals surface area contributed by atoms with Gasteiger partial charge in [0.05, 0.1) is 11.7 Å². The lowest BCUT2D eigenvalue weighted by molar-refractivity contribution is 0.0466. The van der Waals surface area contributed by atoms with Gasteiger partial charge in [-0.05, 0) is 12.0 Å². The van der Waals surface area contributed by atoms with Crippen molar-refractivity contribution in [2.45, 2.75) is 26.4 Å². The van der Waals surface area contributed by atoms with E-state index in [4.69, 9.17) is 4.74 Å². The quantitative estimate of drug-likeness (QED) is 0.752. The number of H-pyrrole nitrogens is 1. The Morgan fingerprint density at radius 3 is 2.95 bits per heavy atom. The van der Waals surface area contributed by atoms with E-state index in [1.54, 1.807) is 16.9 Å². The van der Waals surface area contributed by atoms with Gasteiger partial charge in [-0.3, -0.25) is 9.78 Å². The molecular weight excluding hydrogens is 280 g/mol. The Bertz CT molecular complexity index is 817. The smallest absolute Gasteiger partial charge is 0.359 e. The second kappa shape index (κ2) is 5.63. The van der Waals surface area contributed by atoms with Crippen LogP contribution in [0.25, 0.3) is 10.9 Å². The first kappa shape index (κ1) is 14.3. The van der Waals surface area contributed by atoms with Gasteiger partial charge in [-0.2, -0.15) is 10.2 Å². The van der Waals surface area contributed by atoms with Crippen molar-refractivity contribution in [2.75, 3.05) is 0 Å². The van der Waals surface area contributed by atoms with E-state index in [1.807, 2.05) is 25.2 Å². The number of nitrogens with zero attached hydrogens (tertiary/aromatic N) is 3. The van der Waals surface area contributed by atoms with Gasteiger partial charge in [0.25, 0.3) is 0 Å². The Labute approximate surface area is 128 Å². The molecule has 114 valence electrons. The van der Waals surface area contributed by atoms with E-state index >= 15 is 0 Å². The first-order valence-electron chi connectivity index (χ1n) is 7.18. The lowest BCUT2D eigenvalue weighted by atomic mass is 10.1. The summed E-state index contributed by atoms with van der Waals surface area (Å²) in [7, 11) is 1.83. The third-order valence-corrected chi connectivity index (χ3v) is 3.64. The lowest BCUT2D eigenvalue weighted by Gasteiger charge is -2.04. The number of aromatic nitrogens is 4. The van der Waals surface area contributed by atoms with Gasteiger partial charge < -0.3 is 4.74 Å². The zero-order valence-electron chi connectivity index (χ0n) is 12.8. The first-order chi connectivity index (χ1) is 10.6. The van der Waals surface area contributed by atoms with E-state index in [2.05, 4.69) is 29.1 Å². The molecule has 0 saturated heterocycles. The largest absolute Gasteiger partial charge is 0.456 e. The van der Waals surface area contributed by atoms with Crippen molar-refractivity contribution >= 4 is 16.9 Å². The maximum absolute atomic E-state index is 12.2. The maximum atomic E-state index is 12.2. The van der Waals surface area contributed by atoms with E-state index in [9.17, 15) is 4.79 Å². The Morgan fingerprint density at radius 2 is 2.23 bits per heavy atom. The summed E-state index contributed by atoms with van der Waals surface area (Å²) in [6.45, 7) is 4.31. The normalized spacial score (nSPS) is 11.3. The van der Waals surface area contributed by atoms with Crippen molar-refractivity contribution in [3.8, 4) is 0 Å². The van der Waals surface area contributed by atoms with Gasteiger partial charge in [-0.1, -0.05) is 32.0 Å². The Kier molecular flexibility index (Phi) is 3.66. The van der Waals surface area contributed by atoms with E-state index in [0.29, 0.717) is 11.6 Å². The van der Waals surface area contributed by atoms with Crippen LogP contribution in [0.15, 0.2) is 30.5 Å². The molecule has 0 atom stereocenters. The summed E-state index contributed by atoms with van der Waals surface area (Å²) in [5, 5.41) is 12.1. The predicted molar refractivity (Wildman–Crippen MR) is 82.5 cm³/mol. The summed E-state index contributed by atoms with van der Waals surface area (Å²) >= 11 is 0. The molecule has 0 unspecified atom stereocenters. The summed E-state index contributed by atoms with van der Waals surface area (Å²) < 4.78 is 7.10. The van der Waals surface area contributed by atoms with Crippen molar-refractivity contribution in [1.29, 1.82) is 0 Å². The molecule has 0 amide bonds. The molecule has 0 aliphatic heterocycles. The number of rotatable bonds is 4. The highest BCUT2D eigenvalue weighted by Crippen LogP contribution is 2.18. The van der Waals surface area contributed by atoms with Gasteiger partial charge in [-0.15, -0.1) is 0 Å². The molecule has 2 aromatic heterocycles. The number of benzene rings is 1. The van der Waals surface area contributed by atoms with Crippen molar-refractivity contribution in [1.82, 2.24) is 20.0 Å². The van der Waals surface area contributed by atoms with Crippen LogP contribution in [0.4, 0.5) is 0 Å². The van der Waals surface area contributed by atoms with Crippen LogP contribution in [0, 0.1) is 0 Å². The number of para-hydroxylation sites is 1. The summed E-state index contributed by atoms with van der Waals surface area (Å²) in [5.74, 6) is -0.114. The van der Waals surface area contributed by atoms with Crippen LogP contribution in [0.1, 0.15) is 41.5 Å². The summed E-state index contributed by atoms with van der Waals surface area (Å²) in [5.41, 5.74) is 3.12. The highest BCUT2D eigenvalue weighted by molar-refractivity contribution is 5.87. The number of carbonyl (C=O) groups is 1. The number of esters is 1. The molecule has 6 heteroatoms. The zero-order valence-corrected chi connectivity index (χ0v) is 12.8. The summed E-state index contributed by atoms with van der Waals surface area (Å²) in [4.78, 5) is 12.2. The SMILES string of the molecule is CC(C)c1cc(C(=O)OCc2cccc3cn[nH]c23)nn1C. The van der Waals surface area contributed by atoms with Crippen LogP contribution in [0.2, 0.25) is 0 Å². The Hall–Kier alpha value is -2.63. The van der Waals surface area contributed by atoms with Crippen LogP contribution in [-0.2, 0) is 18.4 Å². The van der Waals surface area contributed by atoms with Crippen LogP contribution >= 0.6 is 0 Å². The number of aromatic amines is 1. The molecule has 1 aromatic carbocycles. The lowest BCUT2D eigenvalue weighted by Crippen LogP contribution is -2.07. The van der Waals surface area contributed by atoms with Gasteiger partial charge in [0.15, 0.2) is 5.69 Å². The number of aryl methyl sites for hydroxylation is 1. The molecule has 0 aliphatic carbocycles. The molecule has 3 aromatic rings. The standard InChI is InChI=1S/C16H18N4O2/c1-10(2)14-7-13(19-20(14)3)16(21)22-9-12-6-4-5-11-8-17-18-15(11)12/h4-8,10H,9H2,1-3H3,(H,17,18).